The highest BCUT2D eigenvalue weighted by Gasteiger charge is 2.23. The van der Waals surface area contributed by atoms with Crippen LogP contribution in [0.5, 0.6) is 34.5 Å². The van der Waals surface area contributed by atoms with E-state index in [4.69, 9.17) is 14.2 Å². The molecule has 0 atom stereocenters. The van der Waals surface area contributed by atoms with Crippen molar-refractivity contribution < 1.29 is 29.5 Å². The second-order valence-electron chi connectivity index (χ2n) is 8.30. The minimum atomic E-state index is -0.123. The van der Waals surface area contributed by atoms with Crippen molar-refractivity contribution in [3.05, 3.63) is 83.4 Å². The summed E-state index contributed by atoms with van der Waals surface area (Å²) in [5.74, 6) is 1.03. The first-order valence-corrected chi connectivity index (χ1v) is 11.1. The summed E-state index contributed by atoms with van der Waals surface area (Å²) in [7, 11) is 2.99. The van der Waals surface area contributed by atoms with Gasteiger partial charge in [-0.3, -0.25) is 0 Å². The first-order chi connectivity index (χ1) is 16.8. The summed E-state index contributed by atoms with van der Waals surface area (Å²) in [6.45, 7) is 3.94. The Morgan fingerprint density at radius 1 is 0.686 bits per heavy atom. The van der Waals surface area contributed by atoms with Gasteiger partial charge in [0, 0.05) is 5.56 Å². The fourth-order valence-electron chi connectivity index (χ4n) is 4.13. The smallest absolute Gasteiger partial charge is 0.170 e. The maximum atomic E-state index is 11.2. The van der Waals surface area contributed by atoms with Crippen LogP contribution in [-0.4, -0.2) is 29.5 Å². The van der Waals surface area contributed by atoms with Crippen LogP contribution >= 0.6 is 0 Å². The Bertz CT molecular complexity index is 1340. The van der Waals surface area contributed by atoms with Crippen LogP contribution in [0.4, 0.5) is 0 Å². The van der Waals surface area contributed by atoms with Crippen LogP contribution in [-0.2, 0) is 6.61 Å². The van der Waals surface area contributed by atoms with Crippen molar-refractivity contribution in [1.29, 1.82) is 0 Å². The average molecular weight is 473 g/mol. The highest BCUT2D eigenvalue weighted by molar-refractivity contribution is 5.88. The second-order valence-corrected chi connectivity index (χ2v) is 8.30. The summed E-state index contributed by atoms with van der Waals surface area (Å²) in [6.07, 6.45) is 0. The van der Waals surface area contributed by atoms with Gasteiger partial charge in [-0.1, -0.05) is 36.4 Å². The number of ether oxygens (including phenoxy) is 3. The molecule has 6 nitrogen and oxygen atoms in total. The number of phenols is 3. The predicted molar refractivity (Wildman–Crippen MR) is 136 cm³/mol. The lowest BCUT2D eigenvalue weighted by molar-refractivity contribution is 0.289. The van der Waals surface area contributed by atoms with Crippen LogP contribution in [0.2, 0.25) is 0 Å². The minimum Gasteiger partial charge on any atom is -0.507 e. The molecule has 0 bridgehead atoms. The molecule has 0 radical (unpaired) electrons. The zero-order chi connectivity index (χ0) is 25.1. The molecular weight excluding hydrogens is 444 g/mol. The topological polar surface area (TPSA) is 88.4 Å². The quantitative estimate of drug-likeness (QED) is 0.290. The van der Waals surface area contributed by atoms with Crippen LogP contribution in [0.15, 0.2) is 66.7 Å². The molecule has 0 aliphatic rings. The van der Waals surface area contributed by atoms with E-state index in [9.17, 15) is 15.3 Å². The molecule has 3 N–H and O–H groups in total. The van der Waals surface area contributed by atoms with Gasteiger partial charge < -0.3 is 29.5 Å². The fourth-order valence-corrected chi connectivity index (χ4v) is 4.13. The van der Waals surface area contributed by atoms with E-state index in [-0.39, 0.29) is 23.0 Å². The van der Waals surface area contributed by atoms with Gasteiger partial charge in [0.2, 0.25) is 0 Å². The molecule has 4 aromatic carbocycles. The molecule has 180 valence electrons. The Kier molecular flexibility index (Phi) is 6.73. The molecule has 0 fully saturated rings. The first-order valence-electron chi connectivity index (χ1n) is 11.1. The van der Waals surface area contributed by atoms with Crippen molar-refractivity contribution in [2.75, 3.05) is 14.2 Å². The number of aromatic hydroxyl groups is 3. The third-order valence-corrected chi connectivity index (χ3v) is 5.93. The average Bonchev–Trinajstić information content (AvgIpc) is 2.86. The predicted octanol–water partition coefficient (Wildman–Crippen LogP) is 6.35. The minimum absolute atomic E-state index is 0.0623. The maximum Gasteiger partial charge on any atom is 0.170 e. The Balaban J connectivity index is 1.75. The molecule has 0 spiro atoms. The molecule has 35 heavy (non-hydrogen) atoms. The third kappa shape index (κ3) is 4.68. The van der Waals surface area contributed by atoms with E-state index in [0.717, 1.165) is 11.1 Å². The molecule has 0 heterocycles. The highest BCUT2D eigenvalue weighted by atomic mass is 16.5. The number of benzene rings is 4. The van der Waals surface area contributed by atoms with Crippen molar-refractivity contribution >= 4 is 0 Å². The summed E-state index contributed by atoms with van der Waals surface area (Å²) in [5.41, 5.74) is 4.69. The monoisotopic (exact) mass is 472 g/mol. The second kappa shape index (κ2) is 9.89. The van der Waals surface area contributed by atoms with Crippen molar-refractivity contribution in [2.45, 2.75) is 20.5 Å². The van der Waals surface area contributed by atoms with Gasteiger partial charge in [0.15, 0.2) is 23.0 Å². The first kappa shape index (κ1) is 23.8. The van der Waals surface area contributed by atoms with Gasteiger partial charge in [-0.2, -0.15) is 0 Å². The normalized spacial score (nSPS) is 10.7. The zero-order valence-electron chi connectivity index (χ0n) is 20.1. The molecule has 0 aromatic heterocycles. The number of phenolic OH excluding ortho intramolecular Hbond substituents is 3. The molecule has 4 aromatic rings. The number of hydrogen-bond donors (Lipinski definition) is 3. The van der Waals surface area contributed by atoms with Crippen LogP contribution in [0.25, 0.3) is 22.3 Å². The molecule has 0 saturated carbocycles. The Labute approximate surface area is 204 Å². The van der Waals surface area contributed by atoms with E-state index < -0.39 is 0 Å². The van der Waals surface area contributed by atoms with Crippen LogP contribution in [0, 0.1) is 13.8 Å². The molecule has 0 saturated heterocycles. The summed E-state index contributed by atoms with van der Waals surface area (Å²) >= 11 is 0. The maximum absolute atomic E-state index is 11.2. The van der Waals surface area contributed by atoms with Crippen molar-refractivity contribution in [2.24, 2.45) is 0 Å². The van der Waals surface area contributed by atoms with Gasteiger partial charge in [-0.25, -0.2) is 0 Å². The SMILES string of the molecule is COc1cc(-c2cc(C)c(O)c(C)c2)c(OC)c(O)c1-c1ccc(OCc2ccccc2)c(O)c1. The van der Waals surface area contributed by atoms with Gasteiger partial charge in [-0.15, -0.1) is 0 Å². The molecule has 0 amide bonds. The lowest BCUT2D eigenvalue weighted by atomic mass is 9.94. The number of aryl methyl sites for hydroxylation is 2. The Morgan fingerprint density at radius 2 is 1.37 bits per heavy atom. The van der Waals surface area contributed by atoms with Crippen LogP contribution in [0.3, 0.4) is 0 Å². The molecule has 0 aliphatic carbocycles. The standard InChI is InChI=1S/C29H28O6/c1-17-12-21(13-18(2)27(17)31)22-15-25(33-3)26(28(32)29(22)34-4)20-10-11-24(23(30)14-20)35-16-19-8-6-5-7-9-19/h5-15,30-32H,16H2,1-4H3. The third-order valence-electron chi connectivity index (χ3n) is 5.93. The molecule has 0 aliphatic heterocycles. The lowest BCUT2D eigenvalue weighted by Gasteiger charge is -2.19. The summed E-state index contributed by atoms with van der Waals surface area (Å²) in [4.78, 5) is 0. The van der Waals surface area contributed by atoms with Crippen LogP contribution < -0.4 is 14.2 Å². The number of methoxy groups -OCH3 is 2. The van der Waals surface area contributed by atoms with E-state index >= 15 is 0 Å². The number of hydrogen-bond acceptors (Lipinski definition) is 6. The van der Waals surface area contributed by atoms with Gasteiger partial charge in [0.25, 0.3) is 0 Å². The van der Waals surface area contributed by atoms with E-state index in [1.807, 2.05) is 56.3 Å². The zero-order valence-corrected chi connectivity index (χ0v) is 20.1. The van der Waals surface area contributed by atoms with E-state index in [0.29, 0.717) is 45.9 Å². The lowest BCUT2D eigenvalue weighted by Crippen LogP contribution is -1.97. The van der Waals surface area contributed by atoms with E-state index in [2.05, 4.69) is 0 Å². The van der Waals surface area contributed by atoms with Gasteiger partial charge >= 0.3 is 0 Å². The van der Waals surface area contributed by atoms with Crippen LogP contribution in [0.1, 0.15) is 16.7 Å². The fraction of sp³-hybridized carbons (Fsp3) is 0.172. The van der Waals surface area contributed by atoms with Gasteiger partial charge in [0.1, 0.15) is 18.1 Å². The molecule has 0 unspecified atom stereocenters. The van der Waals surface area contributed by atoms with E-state index in [1.165, 1.54) is 20.3 Å². The largest absolute Gasteiger partial charge is 0.507 e. The summed E-state index contributed by atoms with van der Waals surface area (Å²) in [5, 5.41) is 32.0. The molecule has 4 rings (SSSR count). The van der Waals surface area contributed by atoms with Crippen molar-refractivity contribution in [3.63, 3.8) is 0 Å². The molecule has 6 heteroatoms. The summed E-state index contributed by atoms with van der Waals surface area (Å²) in [6, 6.07) is 20.0. The highest BCUT2D eigenvalue weighted by Crippen LogP contribution is 2.50. The van der Waals surface area contributed by atoms with Gasteiger partial charge in [0.05, 0.1) is 19.8 Å². The summed E-state index contributed by atoms with van der Waals surface area (Å²) < 4.78 is 17.0. The molecular formula is C29H28O6. The number of rotatable bonds is 7. The van der Waals surface area contributed by atoms with Crippen molar-refractivity contribution in [3.8, 4) is 56.8 Å². The Hall–Kier alpha value is -4.32. The van der Waals surface area contributed by atoms with E-state index in [1.54, 1.807) is 18.2 Å². The van der Waals surface area contributed by atoms with Crippen molar-refractivity contribution in [1.82, 2.24) is 0 Å². The van der Waals surface area contributed by atoms with Gasteiger partial charge in [-0.05, 0) is 72.0 Å². The Morgan fingerprint density at radius 3 is 1.97 bits per heavy atom.